The molecule has 0 N–H and O–H groups in total. The largest absolute Gasteiger partial charge is 0.330 e. The molecule has 0 unspecified atom stereocenters. The Balaban J connectivity index is 2.90. The molecule has 0 saturated carbocycles. The molecular weight excluding hydrogens is 284 g/mol. The average Bonchev–Trinajstić information content (AvgIpc) is 2.36. The van der Waals surface area contributed by atoms with Crippen LogP contribution in [0.15, 0.2) is 44.4 Å². The van der Waals surface area contributed by atoms with Gasteiger partial charge in [-0.25, -0.2) is 4.79 Å². The summed E-state index contributed by atoms with van der Waals surface area (Å²) < 4.78 is 2.94. The fourth-order valence-electron chi connectivity index (χ4n) is 1.72. The molecule has 4 nitrogen and oxygen atoms in total. The molecule has 0 bridgehead atoms. The van der Waals surface area contributed by atoms with Crippen LogP contribution in [-0.2, 0) is 14.1 Å². The molecule has 0 aliphatic carbocycles. The zero-order valence-electron chi connectivity index (χ0n) is 9.48. The van der Waals surface area contributed by atoms with Gasteiger partial charge in [0.25, 0.3) is 5.56 Å². The Bertz CT molecular complexity index is 634. The molecule has 88 valence electrons. The van der Waals surface area contributed by atoms with Crippen molar-refractivity contribution in [2.24, 2.45) is 14.1 Å². The Kier molecular flexibility index (Phi) is 3.02. The maximum atomic E-state index is 11.8. The second-order valence-electron chi connectivity index (χ2n) is 3.73. The van der Waals surface area contributed by atoms with Gasteiger partial charge in [0.1, 0.15) is 4.47 Å². The van der Waals surface area contributed by atoms with Crippen LogP contribution >= 0.6 is 15.9 Å². The Morgan fingerprint density at radius 1 is 1.00 bits per heavy atom. The molecule has 0 atom stereocenters. The number of halogens is 1. The van der Waals surface area contributed by atoms with E-state index >= 15 is 0 Å². The van der Waals surface area contributed by atoms with Crippen molar-refractivity contribution in [2.75, 3.05) is 0 Å². The Labute approximate surface area is 106 Å². The van der Waals surface area contributed by atoms with E-state index < -0.39 is 0 Å². The van der Waals surface area contributed by atoms with Crippen molar-refractivity contribution in [3.8, 4) is 11.3 Å². The first-order valence-corrected chi connectivity index (χ1v) is 5.84. The predicted molar refractivity (Wildman–Crippen MR) is 70.1 cm³/mol. The average molecular weight is 295 g/mol. The predicted octanol–water partition coefficient (Wildman–Crippen LogP) is 1.51. The van der Waals surface area contributed by atoms with Gasteiger partial charge in [0.15, 0.2) is 0 Å². The minimum absolute atomic E-state index is 0.327. The highest BCUT2D eigenvalue weighted by Crippen LogP contribution is 2.23. The lowest BCUT2D eigenvalue weighted by Gasteiger charge is -2.11. The molecule has 0 spiro atoms. The number of aromatic nitrogens is 2. The van der Waals surface area contributed by atoms with Crippen LogP contribution in [0.3, 0.4) is 0 Å². The van der Waals surface area contributed by atoms with Gasteiger partial charge in [0.2, 0.25) is 0 Å². The fourth-order valence-corrected chi connectivity index (χ4v) is 2.48. The lowest BCUT2D eigenvalue weighted by molar-refractivity contribution is 0.686. The molecule has 0 radical (unpaired) electrons. The van der Waals surface area contributed by atoms with Gasteiger partial charge in [0, 0.05) is 14.1 Å². The van der Waals surface area contributed by atoms with Crippen LogP contribution in [0.25, 0.3) is 11.3 Å². The maximum Gasteiger partial charge on any atom is 0.330 e. The summed E-state index contributed by atoms with van der Waals surface area (Å²) in [6.07, 6.45) is 0. The molecule has 17 heavy (non-hydrogen) atoms. The SMILES string of the molecule is Cn1c(-c2ccccc2)c(Br)c(=O)n(C)c1=O. The minimum Gasteiger partial charge on any atom is -0.295 e. The highest BCUT2D eigenvalue weighted by Gasteiger charge is 2.14. The van der Waals surface area contributed by atoms with E-state index in [9.17, 15) is 9.59 Å². The summed E-state index contributed by atoms with van der Waals surface area (Å²) in [7, 11) is 3.11. The molecule has 1 heterocycles. The van der Waals surface area contributed by atoms with Crippen LogP contribution in [0.1, 0.15) is 0 Å². The quantitative estimate of drug-likeness (QED) is 0.800. The third kappa shape index (κ3) is 1.86. The molecule has 1 aromatic carbocycles. The smallest absolute Gasteiger partial charge is 0.295 e. The van der Waals surface area contributed by atoms with Gasteiger partial charge in [-0.05, 0) is 21.5 Å². The van der Waals surface area contributed by atoms with E-state index in [0.717, 1.165) is 10.1 Å². The molecule has 0 fully saturated rings. The summed E-state index contributed by atoms with van der Waals surface area (Å²) in [5.74, 6) is 0. The molecule has 5 heteroatoms. The highest BCUT2D eigenvalue weighted by atomic mass is 79.9. The van der Waals surface area contributed by atoms with Crippen molar-refractivity contribution in [1.82, 2.24) is 9.13 Å². The Hall–Kier alpha value is -1.62. The monoisotopic (exact) mass is 294 g/mol. The van der Waals surface area contributed by atoms with Gasteiger partial charge >= 0.3 is 5.69 Å². The van der Waals surface area contributed by atoms with Gasteiger partial charge < -0.3 is 0 Å². The number of hydrogen-bond acceptors (Lipinski definition) is 2. The number of nitrogens with zero attached hydrogens (tertiary/aromatic N) is 2. The summed E-state index contributed by atoms with van der Waals surface area (Å²) in [6, 6.07) is 9.34. The van der Waals surface area contributed by atoms with Crippen LogP contribution in [-0.4, -0.2) is 9.13 Å². The molecule has 0 amide bonds. The number of rotatable bonds is 1. The van der Waals surface area contributed by atoms with E-state index in [1.807, 2.05) is 30.3 Å². The van der Waals surface area contributed by atoms with E-state index in [1.54, 1.807) is 7.05 Å². The topological polar surface area (TPSA) is 44.0 Å². The van der Waals surface area contributed by atoms with Crippen molar-refractivity contribution >= 4 is 15.9 Å². The van der Waals surface area contributed by atoms with E-state index in [2.05, 4.69) is 15.9 Å². The lowest BCUT2D eigenvalue weighted by atomic mass is 10.1. The van der Waals surface area contributed by atoms with Crippen molar-refractivity contribution in [3.63, 3.8) is 0 Å². The highest BCUT2D eigenvalue weighted by molar-refractivity contribution is 9.10. The van der Waals surface area contributed by atoms with E-state index in [1.165, 1.54) is 11.6 Å². The standard InChI is InChI=1S/C12H11BrN2O2/c1-14-10(8-6-4-3-5-7-8)9(13)11(16)15(2)12(14)17/h3-7H,1-2H3. The molecule has 2 rings (SSSR count). The second kappa shape index (κ2) is 4.33. The zero-order chi connectivity index (χ0) is 12.6. The Morgan fingerprint density at radius 2 is 1.59 bits per heavy atom. The fraction of sp³-hybridized carbons (Fsp3) is 0.167. The zero-order valence-corrected chi connectivity index (χ0v) is 11.1. The van der Waals surface area contributed by atoms with Gasteiger partial charge in [-0.1, -0.05) is 30.3 Å². The molecule has 2 aromatic rings. The van der Waals surface area contributed by atoms with Crippen molar-refractivity contribution in [3.05, 3.63) is 55.6 Å². The summed E-state index contributed by atoms with van der Waals surface area (Å²) in [4.78, 5) is 23.7. The first-order valence-electron chi connectivity index (χ1n) is 5.05. The van der Waals surface area contributed by atoms with Crippen LogP contribution in [0.2, 0.25) is 0 Å². The van der Waals surface area contributed by atoms with E-state index in [-0.39, 0.29) is 11.2 Å². The molecule has 0 saturated heterocycles. The summed E-state index contributed by atoms with van der Waals surface area (Å²) in [6.45, 7) is 0. The first-order chi connectivity index (χ1) is 8.04. The van der Waals surface area contributed by atoms with Gasteiger partial charge in [0.05, 0.1) is 5.69 Å². The normalized spacial score (nSPS) is 10.5. The summed E-state index contributed by atoms with van der Waals surface area (Å²) >= 11 is 3.26. The number of benzene rings is 1. The summed E-state index contributed by atoms with van der Waals surface area (Å²) in [5.41, 5.74) is 0.763. The van der Waals surface area contributed by atoms with Crippen molar-refractivity contribution < 1.29 is 0 Å². The molecule has 0 aliphatic rings. The van der Waals surface area contributed by atoms with Crippen LogP contribution in [0.5, 0.6) is 0 Å². The van der Waals surface area contributed by atoms with Crippen LogP contribution in [0, 0.1) is 0 Å². The molecule has 0 aliphatic heterocycles. The van der Waals surface area contributed by atoms with Crippen LogP contribution in [0.4, 0.5) is 0 Å². The minimum atomic E-state index is -0.336. The number of hydrogen-bond donors (Lipinski definition) is 0. The van der Waals surface area contributed by atoms with Crippen molar-refractivity contribution in [1.29, 1.82) is 0 Å². The maximum absolute atomic E-state index is 11.8. The lowest BCUT2D eigenvalue weighted by Crippen LogP contribution is -2.38. The van der Waals surface area contributed by atoms with Crippen molar-refractivity contribution in [2.45, 2.75) is 0 Å². The molecular formula is C12H11BrN2O2. The first kappa shape index (κ1) is 11.9. The molecule has 1 aromatic heterocycles. The Morgan fingerprint density at radius 3 is 2.18 bits per heavy atom. The third-order valence-electron chi connectivity index (χ3n) is 2.66. The third-order valence-corrected chi connectivity index (χ3v) is 3.37. The van der Waals surface area contributed by atoms with Gasteiger partial charge in [-0.2, -0.15) is 0 Å². The summed E-state index contributed by atoms with van der Waals surface area (Å²) in [5, 5.41) is 0. The van der Waals surface area contributed by atoms with Gasteiger partial charge in [-0.15, -0.1) is 0 Å². The van der Waals surface area contributed by atoms with Crippen LogP contribution < -0.4 is 11.2 Å². The van der Waals surface area contributed by atoms with E-state index in [0.29, 0.717) is 10.2 Å². The van der Waals surface area contributed by atoms with E-state index in [4.69, 9.17) is 0 Å². The van der Waals surface area contributed by atoms with Gasteiger partial charge in [-0.3, -0.25) is 13.9 Å². The second-order valence-corrected chi connectivity index (χ2v) is 4.53.